The van der Waals surface area contributed by atoms with Crippen LogP contribution in [0.4, 0.5) is 0 Å². The number of carbonyl (C=O) groups is 2. The van der Waals surface area contributed by atoms with E-state index in [1.807, 2.05) is 36.4 Å². The second kappa shape index (κ2) is 12.5. The van der Waals surface area contributed by atoms with Gasteiger partial charge in [-0.25, -0.2) is 9.97 Å². The number of nitrogens with zero attached hydrogens (tertiary/aromatic N) is 3. The Labute approximate surface area is 275 Å². The Balaban J connectivity index is 1.64. The van der Waals surface area contributed by atoms with E-state index in [9.17, 15) is 19.8 Å². The Morgan fingerprint density at radius 2 is 1.64 bits per heavy atom. The second-order valence-corrected chi connectivity index (χ2v) is 18.3. The molecule has 2 aromatic carbocycles. The molecule has 4 aromatic rings. The van der Waals surface area contributed by atoms with Gasteiger partial charge in [-0.3, -0.25) is 9.59 Å². The van der Waals surface area contributed by atoms with Crippen LogP contribution in [0, 0.1) is 14.9 Å². The number of carboxylic acids is 2. The summed E-state index contributed by atoms with van der Waals surface area (Å²) in [6, 6.07) is 20.3. The molecule has 1 saturated heterocycles. The lowest BCUT2D eigenvalue weighted by atomic mass is 9.70. The third-order valence-electron chi connectivity index (χ3n) is 8.82. The van der Waals surface area contributed by atoms with Crippen LogP contribution in [0.15, 0.2) is 73.2 Å². The van der Waals surface area contributed by atoms with Gasteiger partial charge in [-0.2, -0.15) is 0 Å². The molecule has 9 nitrogen and oxygen atoms in total. The first-order valence-corrected chi connectivity index (χ1v) is 17.7. The van der Waals surface area contributed by atoms with E-state index >= 15 is 0 Å². The zero-order valence-electron chi connectivity index (χ0n) is 24.9. The molecular weight excluding hydrogens is 713 g/mol. The highest BCUT2D eigenvalue weighted by Gasteiger charge is 2.58. The summed E-state index contributed by atoms with van der Waals surface area (Å²) in [5.41, 5.74) is -0.611. The second-order valence-electron chi connectivity index (χ2n) is 12.5. The molecule has 0 amide bonds. The molecule has 0 saturated carbocycles. The van der Waals surface area contributed by atoms with E-state index in [4.69, 9.17) is 20.8 Å². The van der Waals surface area contributed by atoms with E-state index in [0.717, 1.165) is 13.9 Å². The quantitative estimate of drug-likeness (QED) is 0.120. The standard InChI is InChI=1S/C32H35ClIN3O6Si/c1-31(2,3)44(20-11-7-5-8-12-20,21-13-9-6-10-14-21)42-18-24-32(4,16-26(40)41)22(15-25(38)39)30(43-24)37-17-23(34)27-28(33)35-19-36-29(27)37/h5-14,17,19,22,24,30H,15-16,18H2,1-4H3,(H,38,39)(H,40,41)/t22-,24-,30+,32+/m0/s1. The van der Waals surface area contributed by atoms with Crippen LogP contribution in [0.5, 0.6) is 0 Å². The number of aromatic nitrogens is 3. The number of hydrogen-bond acceptors (Lipinski definition) is 6. The first-order chi connectivity index (χ1) is 20.8. The minimum Gasteiger partial charge on any atom is -0.481 e. The molecule has 0 spiro atoms. The summed E-state index contributed by atoms with van der Waals surface area (Å²) < 4.78 is 16.5. The predicted octanol–water partition coefficient (Wildman–Crippen LogP) is 5.74. The maximum Gasteiger partial charge on any atom is 0.304 e. The molecule has 1 fully saturated rings. The molecule has 1 aliphatic rings. The summed E-state index contributed by atoms with van der Waals surface area (Å²) in [6.07, 6.45) is 0.958. The van der Waals surface area contributed by atoms with Gasteiger partial charge < -0.3 is 23.9 Å². The van der Waals surface area contributed by atoms with Crippen LogP contribution >= 0.6 is 34.2 Å². The molecule has 0 aliphatic carbocycles. The molecule has 0 radical (unpaired) electrons. The van der Waals surface area contributed by atoms with Crippen LogP contribution in [0.25, 0.3) is 11.0 Å². The number of fused-ring (bicyclic) bond motifs is 1. The average Bonchev–Trinajstić information content (AvgIpc) is 3.43. The van der Waals surface area contributed by atoms with Gasteiger partial charge in [-0.1, -0.05) is 100.0 Å². The zero-order valence-corrected chi connectivity index (χ0v) is 28.8. The van der Waals surface area contributed by atoms with Crippen molar-refractivity contribution in [1.29, 1.82) is 0 Å². The molecule has 1 aliphatic heterocycles. The summed E-state index contributed by atoms with van der Waals surface area (Å²) in [7, 11) is -3.01. The molecule has 232 valence electrons. The lowest BCUT2D eigenvalue weighted by molar-refractivity contribution is -0.144. The van der Waals surface area contributed by atoms with Crippen molar-refractivity contribution in [2.24, 2.45) is 11.3 Å². The number of halogens is 2. The Morgan fingerprint density at radius 1 is 1.05 bits per heavy atom. The molecule has 2 aromatic heterocycles. The molecule has 0 unspecified atom stereocenters. The van der Waals surface area contributed by atoms with Crippen molar-refractivity contribution in [2.75, 3.05) is 6.61 Å². The van der Waals surface area contributed by atoms with Crippen molar-refractivity contribution < 1.29 is 29.0 Å². The highest BCUT2D eigenvalue weighted by molar-refractivity contribution is 14.1. The van der Waals surface area contributed by atoms with E-state index in [-0.39, 0.29) is 29.6 Å². The average molecular weight is 748 g/mol. The first kappa shape index (κ1) is 32.5. The van der Waals surface area contributed by atoms with Gasteiger partial charge in [0.05, 0.1) is 30.9 Å². The van der Waals surface area contributed by atoms with E-state index in [2.05, 4.69) is 77.6 Å². The molecule has 0 bridgehead atoms. The Bertz CT molecular complexity index is 1630. The third-order valence-corrected chi connectivity index (χ3v) is 14.9. The molecule has 12 heteroatoms. The first-order valence-electron chi connectivity index (χ1n) is 14.3. The minimum absolute atomic E-state index is 0.0652. The van der Waals surface area contributed by atoms with Gasteiger partial charge in [0.2, 0.25) is 0 Å². The number of aliphatic carboxylic acids is 2. The van der Waals surface area contributed by atoms with Gasteiger partial charge in [0.1, 0.15) is 23.4 Å². The molecule has 44 heavy (non-hydrogen) atoms. The van der Waals surface area contributed by atoms with Gasteiger partial charge in [-0.15, -0.1) is 0 Å². The van der Waals surface area contributed by atoms with Gasteiger partial charge in [0.25, 0.3) is 8.32 Å². The van der Waals surface area contributed by atoms with Crippen molar-refractivity contribution in [3.8, 4) is 0 Å². The lowest BCUT2D eigenvalue weighted by Crippen LogP contribution is -2.67. The van der Waals surface area contributed by atoms with E-state index in [1.165, 1.54) is 6.33 Å². The fourth-order valence-electron chi connectivity index (χ4n) is 6.73. The van der Waals surface area contributed by atoms with Crippen LogP contribution in [-0.4, -0.2) is 57.7 Å². The molecular formula is C32H35ClIN3O6Si. The monoisotopic (exact) mass is 747 g/mol. The number of carboxylic acid groups (broad SMARTS) is 2. The van der Waals surface area contributed by atoms with Crippen LogP contribution in [-0.2, 0) is 18.8 Å². The summed E-state index contributed by atoms with van der Waals surface area (Å²) in [5.74, 6) is -2.81. The normalized spacial score (nSPS) is 22.4. The number of ether oxygens (including phenoxy) is 1. The topological polar surface area (TPSA) is 124 Å². The summed E-state index contributed by atoms with van der Waals surface area (Å²) >= 11 is 8.55. The van der Waals surface area contributed by atoms with Gasteiger partial charge >= 0.3 is 11.9 Å². The Kier molecular flexibility index (Phi) is 9.25. The van der Waals surface area contributed by atoms with Crippen molar-refractivity contribution in [2.45, 2.75) is 57.9 Å². The SMILES string of the molecule is CC(C)(C)[Si](OC[C@@H]1O[C@@H](n2cc(I)c3c(Cl)ncnc32)[C@H](CC(=O)O)[C@@]1(C)CC(=O)O)(c1ccccc1)c1ccccc1. The van der Waals surface area contributed by atoms with E-state index < -0.39 is 43.9 Å². The van der Waals surface area contributed by atoms with E-state index in [1.54, 1.807) is 17.7 Å². The minimum atomic E-state index is -3.01. The van der Waals surface area contributed by atoms with Crippen molar-refractivity contribution in [1.82, 2.24) is 14.5 Å². The maximum atomic E-state index is 12.4. The maximum absolute atomic E-state index is 12.4. The summed E-state index contributed by atoms with van der Waals surface area (Å²) in [5, 5.41) is 22.9. The molecule has 4 atom stereocenters. The van der Waals surface area contributed by atoms with Gasteiger partial charge in [0, 0.05) is 21.1 Å². The van der Waals surface area contributed by atoms with Crippen molar-refractivity contribution >= 4 is 75.9 Å². The molecule has 3 heterocycles. The fourth-order valence-corrected chi connectivity index (χ4v) is 12.5. The van der Waals surface area contributed by atoms with Crippen LogP contribution in [0.2, 0.25) is 10.2 Å². The predicted molar refractivity (Wildman–Crippen MR) is 179 cm³/mol. The lowest BCUT2D eigenvalue weighted by Gasteiger charge is -2.44. The van der Waals surface area contributed by atoms with Crippen LogP contribution < -0.4 is 10.4 Å². The van der Waals surface area contributed by atoms with Crippen LogP contribution in [0.1, 0.15) is 46.8 Å². The van der Waals surface area contributed by atoms with Crippen molar-refractivity contribution in [3.63, 3.8) is 0 Å². The third kappa shape index (κ3) is 5.80. The van der Waals surface area contributed by atoms with Gasteiger partial charge in [-0.05, 0) is 38.0 Å². The number of hydrogen-bond donors (Lipinski definition) is 2. The largest absolute Gasteiger partial charge is 0.481 e. The smallest absolute Gasteiger partial charge is 0.304 e. The number of benzene rings is 2. The highest BCUT2D eigenvalue weighted by Crippen LogP contribution is 2.53. The summed E-state index contributed by atoms with van der Waals surface area (Å²) in [4.78, 5) is 33.2. The summed E-state index contributed by atoms with van der Waals surface area (Å²) in [6.45, 7) is 8.36. The Morgan fingerprint density at radius 3 is 2.16 bits per heavy atom. The van der Waals surface area contributed by atoms with Crippen LogP contribution in [0.3, 0.4) is 0 Å². The molecule has 2 N–H and O–H groups in total. The van der Waals surface area contributed by atoms with Gasteiger partial charge in [0.15, 0.2) is 0 Å². The Hall–Kier alpha value is -2.84. The fraction of sp³-hybridized carbons (Fsp3) is 0.375. The van der Waals surface area contributed by atoms with Crippen molar-refractivity contribution in [3.05, 3.63) is 81.9 Å². The van der Waals surface area contributed by atoms with E-state index in [0.29, 0.717) is 11.0 Å². The number of rotatable bonds is 10. The molecule has 5 rings (SSSR count). The highest BCUT2D eigenvalue weighted by atomic mass is 127. The zero-order chi connectivity index (χ0) is 31.9.